The summed E-state index contributed by atoms with van der Waals surface area (Å²) in [5.74, 6) is 0. The molecule has 0 aliphatic carbocycles. The smallest absolute Gasteiger partial charge is 0.213 e. The van der Waals surface area contributed by atoms with Gasteiger partial charge in [-0.25, -0.2) is 4.89 Å². The second kappa shape index (κ2) is 6.17. The minimum atomic E-state index is -0.522. The van der Waals surface area contributed by atoms with E-state index in [0.717, 1.165) is 12.0 Å². The molecule has 0 aromatic carbocycles. The lowest BCUT2D eigenvalue weighted by atomic mass is 10.1. The summed E-state index contributed by atoms with van der Waals surface area (Å²) < 4.78 is 5.17. The first kappa shape index (κ1) is 13.6. The molecule has 0 bridgehead atoms. The van der Waals surface area contributed by atoms with E-state index < -0.39 is 6.29 Å². The fourth-order valence-corrected chi connectivity index (χ4v) is 0.577. The Labute approximate surface area is 87.0 Å². The van der Waals surface area contributed by atoms with Crippen molar-refractivity contribution < 1.29 is 14.5 Å². The molecule has 0 aromatic rings. The summed E-state index contributed by atoms with van der Waals surface area (Å²) in [6.45, 7) is 14.9. The molecular weight excluding hydrogens is 180 g/mol. The van der Waals surface area contributed by atoms with Gasteiger partial charge in [0.25, 0.3) is 0 Å². The number of hydrogen-bond donors (Lipinski definition) is 0. The molecule has 1 radical (unpaired) electrons. The molecule has 0 saturated carbocycles. The fourth-order valence-electron chi connectivity index (χ4n) is 0.577. The second-order valence-electron chi connectivity index (χ2n) is 3.84. The zero-order chi connectivity index (χ0) is 11.2. The highest BCUT2D eigenvalue weighted by Crippen LogP contribution is 2.17. The van der Waals surface area contributed by atoms with Crippen LogP contribution in [0.2, 0.25) is 0 Å². The molecule has 0 aliphatic rings. The summed E-state index contributed by atoms with van der Waals surface area (Å²) >= 11 is 0. The Morgan fingerprint density at radius 1 is 1.50 bits per heavy atom. The van der Waals surface area contributed by atoms with Crippen molar-refractivity contribution in [3.8, 4) is 0 Å². The predicted octanol–water partition coefficient (Wildman–Crippen LogP) is 3.22. The van der Waals surface area contributed by atoms with Crippen LogP contribution >= 0.6 is 0 Å². The molecule has 0 saturated heterocycles. The molecule has 1 unspecified atom stereocenters. The summed E-state index contributed by atoms with van der Waals surface area (Å²) in [7, 11) is 0. The van der Waals surface area contributed by atoms with Crippen molar-refractivity contribution in [2.75, 3.05) is 0 Å². The van der Waals surface area contributed by atoms with Gasteiger partial charge in [-0.15, -0.1) is 0 Å². The minimum absolute atomic E-state index is 0.301. The third kappa shape index (κ3) is 5.37. The number of ether oxygens (including phenoxy) is 1. The van der Waals surface area contributed by atoms with Gasteiger partial charge >= 0.3 is 0 Å². The minimum Gasteiger partial charge on any atom is -0.341 e. The van der Waals surface area contributed by atoms with Crippen LogP contribution in [0, 0.1) is 6.61 Å². The van der Waals surface area contributed by atoms with Crippen molar-refractivity contribution in [1.82, 2.24) is 0 Å². The lowest BCUT2D eigenvalue weighted by Crippen LogP contribution is -2.28. The van der Waals surface area contributed by atoms with Gasteiger partial charge in [0.15, 0.2) is 0 Å². The van der Waals surface area contributed by atoms with Gasteiger partial charge in [-0.05, 0) is 39.7 Å². The lowest BCUT2D eigenvalue weighted by Gasteiger charge is -2.25. The number of rotatable bonds is 7. The Kier molecular flexibility index (Phi) is 6.00. The molecule has 3 heteroatoms. The largest absolute Gasteiger partial charge is 0.341 e. The lowest BCUT2D eigenvalue weighted by molar-refractivity contribution is -0.406. The maximum Gasteiger partial charge on any atom is 0.213 e. The second-order valence-corrected chi connectivity index (χ2v) is 3.84. The summed E-state index contributed by atoms with van der Waals surface area (Å²) in [4.78, 5) is 10.4. The van der Waals surface area contributed by atoms with Crippen LogP contribution in [0.1, 0.15) is 41.0 Å². The highest BCUT2D eigenvalue weighted by molar-refractivity contribution is 4.92. The van der Waals surface area contributed by atoms with Crippen LogP contribution in [0.4, 0.5) is 0 Å². The van der Waals surface area contributed by atoms with Crippen molar-refractivity contribution in [1.29, 1.82) is 0 Å². The highest BCUT2D eigenvalue weighted by atomic mass is 17.2. The van der Waals surface area contributed by atoms with E-state index >= 15 is 0 Å². The molecule has 0 N–H and O–H groups in total. The average molecular weight is 201 g/mol. The van der Waals surface area contributed by atoms with E-state index in [4.69, 9.17) is 14.5 Å². The van der Waals surface area contributed by atoms with E-state index in [2.05, 4.69) is 6.58 Å². The normalized spacial score (nSPS) is 14.1. The van der Waals surface area contributed by atoms with Crippen molar-refractivity contribution in [2.24, 2.45) is 0 Å². The first-order valence-corrected chi connectivity index (χ1v) is 4.86. The van der Waals surface area contributed by atoms with Gasteiger partial charge in [0.1, 0.15) is 0 Å². The predicted molar refractivity (Wildman–Crippen MR) is 56.2 cm³/mol. The van der Waals surface area contributed by atoms with E-state index in [1.807, 2.05) is 27.7 Å². The first-order valence-electron chi connectivity index (χ1n) is 4.86. The molecular formula is C11H21O3. The van der Waals surface area contributed by atoms with Crippen LogP contribution in [-0.4, -0.2) is 11.9 Å². The average Bonchev–Trinajstić information content (AvgIpc) is 2.12. The molecule has 14 heavy (non-hydrogen) atoms. The third-order valence-electron chi connectivity index (χ3n) is 1.87. The zero-order valence-corrected chi connectivity index (χ0v) is 9.79. The molecule has 1 atom stereocenters. The molecule has 0 fully saturated rings. The Morgan fingerprint density at radius 3 is 2.43 bits per heavy atom. The maximum absolute atomic E-state index is 5.25. The van der Waals surface area contributed by atoms with Crippen LogP contribution < -0.4 is 0 Å². The van der Waals surface area contributed by atoms with Crippen LogP contribution in [0.5, 0.6) is 0 Å². The van der Waals surface area contributed by atoms with Crippen LogP contribution in [0.3, 0.4) is 0 Å². The summed E-state index contributed by atoms with van der Waals surface area (Å²) in [6, 6.07) is 0. The van der Waals surface area contributed by atoms with Crippen LogP contribution in [0.25, 0.3) is 0 Å². The van der Waals surface area contributed by atoms with Gasteiger partial charge in [0.05, 0.1) is 12.2 Å². The van der Waals surface area contributed by atoms with E-state index in [0.29, 0.717) is 0 Å². The van der Waals surface area contributed by atoms with E-state index in [9.17, 15) is 0 Å². The van der Waals surface area contributed by atoms with E-state index in [1.165, 1.54) is 0 Å². The fraction of sp³-hybridized carbons (Fsp3) is 0.727. The molecule has 0 heterocycles. The molecule has 0 amide bonds. The standard InChI is InChI=1S/C11H21O3/c1-7-11(5,6)14-13-10(9(3)4)12-8-2/h8,10H,3,7H2,1-2,4-6H3. The summed E-state index contributed by atoms with van der Waals surface area (Å²) in [5, 5.41) is 0. The summed E-state index contributed by atoms with van der Waals surface area (Å²) in [6.07, 6.45) is 0.344. The van der Waals surface area contributed by atoms with Gasteiger partial charge in [0.2, 0.25) is 6.29 Å². The van der Waals surface area contributed by atoms with Gasteiger partial charge < -0.3 is 4.74 Å². The van der Waals surface area contributed by atoms with E-state index in [1.54, 1.807) is 13.5 Å². The Balaban J connectivity index is 3.99. The first-order chi connectivity index (χ1) is 6.43. The monoisotopic (exact) mass is 201 g/mol. The maximum atomic E-state index is 5.25. The Morgan fingerprint density at radius 2 is 2.07 bits per heavy atom. The highest BCUT2D eigenvalue weighted by Gasteiger charge is 2.20. The van der Waals surface area contributed by atoms with Crippen molar-refractivity contribution >= 4 is 0 Å². The molecule has 0 spiro atoms. The Hall–Kier alpha value is -0.380. The zero-order valence-electron chi connectivity index (χ0n) is 9.79. The molecule has 0 aliphatic heterocycles. The molecule has 83 valence electrons. The van der Waals surface area contributed by atoms with Crippen molar-refractivity contribution in [3.63, 3.8) is 0 Å². The van der Waals surface area contributed by atoms with Crippen LogP contribution in [-0.2, 0) is 14.5 Å². The molecule has 3 nitrogen and oxygen atoms in total. The van der Waals surface area contributed by atoms with Gasteiger partial charge in [0, 0.05) is 0 Å². The molecule has 0 rings (SSSR count). The third-order valence-corrected chi connectivity index (χ3v) is 1.87. The molecule has 0 aromatic heterocycles. The summed E-state index contributed by atoms with van der Waals surface area (Å²) in [5.41, 5.74) is 0.472. The van der Waals surface area contributed by atoms with Crippen LogP contribution in [0.15, 0.2) is 12.2 Å². The van der Waals surface area contributed by atoms with Gasteiger partial charge in [-0.2, -0.15) is 4.89 Å². The van der Waals surface area contributed by atoms with Gasteiger partial charge in [-0.1, -0.05) is 13.5 Å². The van der Waals surface area contributed by atoms with Crippen molar-refractivity contribution in [3.05, 3.63) is 18.8 Å². The quantitative estimate of drug-likeness (QED) is 0.274. The Bertz CT molecular complexity index is 175. The van der Waals surface area contributed by atoms with Gasteiger partial charge in [-0.3, -0.25) is 0 Å². The number of hydrogen-bond acceptors (Lipinski definition) is 3. The SMILES string of the molecule is C=C(C)C(O[CH]C)OOC(C)(C)CC. The van der Waals surface area contributed by atoms with Crippen molar-refractivity contribution in [2.45, 2.75) is 52.9 Å². The van der Waals surface area contributed by atoms with E-state index in [-0.39, 0.29) is 5.60 Å². The topological polar surface area (TPSA) is 27.7 Å².